The number of hydrogen-bond acceptors (Lipinski definition) is 5. The average molecular weight is 341 g/mol. The van der Waals surface area contributed by atoms with Crippen LogP contribution >= 0.6 is 0 Å². The number of aliphatic imine (C=N–C) groups is 1. The van der Waals surface area contributed by atoms with Crippen molar-refractivity contribution in [3.05, 3.63) is 0 Å². The Morgan fingerprint density at radius 2 is 1.75 bits per heavy atom. The van der Waals surface area contributed by atoms with Gasteiger partial charge in [-0.05, 0) is 13.5 Å². The van der Waals surface area contributed by atoms with Gasteiger partial charge in [0.2, 0.25) is 0 Å². The fraction of sp³-hybridized carbons (Fsp3) is 0.941. The van der Waals surface area contributed by atoms with Crippen LogP contribution in [0.25, 0.3) is 0 Å². The van der Waals surface area contributed by atoms with Crippen molar-refractivity contribution in [1.82, 2.24) is 25.3 Å². The molecule has 0 aromatic carbocycles. The van der Waals surface area contributed by atoms with Crippen LogP contribution in [-0.2, 0) is 4.74 Å². The minimum Gasteiger partial charge on any atom is -0.379 e. The Bertz CT molecular complexity index is 364. The third-order valence-electron chi connectivity index (χ3n) is 5.09. The van der Waals surface area contributed by atoms with Crippen molar-refractivity contribution in [2.75, 3.05) is 85.7 Å². The van der Waals surface area contributed by atoms with Crippen LogP contribution in [0.15, 0.2) is 4.99 Å². The predicted octanol–water partition coefficient (Wildman–Crippen LogP) is -0.490. The quantitative estimate of drug-likeness (QED) is 0.482. The van der Waals surface area contributed by atoms with Crippen LogP contribution < -0.4 is 10.6 Å². The van der Waals surface area contributed by atoms with Crippen LogP contribution in [0.3, 0.4) is 0 Å². The number of rotatable bonds is 7. The summed E-state index contributed by atoms with van der Waals surface area (Å²) >= 11 is 0. The van der Waals surface area contributed by atoms with E-state index in [2.05, 4.69) is 44.2 Å². The molecule has 2 aliphatic rings. The molecule has 7 nitrogen and oxygen atoms in total. The zero-order valence-electron chi connectivity index (χ0n) is 15.8. The monoisotopic (exact) mass is 340 g/mol. The largest absolute Gasteiger partial charge is 0.379 e. The summed E-state index contributed by atoms with van der Waals surface area (Å²) in [4.78, 5) is 11.9. The summed E-state index contributed by atoms with van der Waals surface area (Å²) in [7, 11) is 1.84. The zero-order valence-corrected chi connectivity index (χ0v) is 15.8. The lowest BCUT2D eigenvalue weighted by atomic mass is 10.2. The van der Waals surface area contributed by atoms with E-state index in [0.29, 0.717) is 6.04 Å². The first-order chi connectivity index (χ1) is 11.7. The van der Waals surface area contributed by atoms with Crippen molar-refractivity contribution in [2.24, 2.45) is 4.99 Å². The molecule has 2 heterocycles. The third kappa shape index (κ3) is 6.55. The fourth-order valence-corrected chi connectivity index (χ4v) is 3.27. The number of morpholine rings is 1. The van der Waals surface area contributed by atoms with E-state index < -0.39 is 0 Å². The number of ether oxygens (including phenoxy) is 1. The Morgan fingerprint density at radius 1 is 1.04 bits per heavy atom. The molecule has 0 spiro atoms. The van der Waals surface area contributed by atoms with Gasteiger partial charge in [0.1, 0.15) is 0 Å². The van der Waals surface area contributed by atoms with Crippen molar-refractivity contribution in [3.63, 3.8) is 0 Å². The second-order valence-electron chi connectivity index (χ2n) is 6.65. The maximum absolute atomic E-state index is 5.38. The summed E-state index contributed by atoms with van der Waals surface area (Å²) in [5.41, 5.74) is 0. The lowest BCUT2D eigenvalue weighted by molar-refractivity contribution is 0.0389. The molecule has 2 saturated heterocycles. The molecule has 2 N–H and O–H groups in total. The van der Waals surface area contributed by atoms with Gasteiger partial charge in [0.15, 0.2) is 5.96 Å². The standard InChI is InChI=1S/C17H36N6O/c1-4-21-7-9-23(10-8-21)16(2)15-20-17(18-3)19-5-6-22-11-13-24-14-12-22/h16H,4-15H2,1-3H3,(H2,18,19,20). The Morgan fingerprint density at radius 3 is 2.38 bits per heavy atom. The molecule has 7 heteroatoms. The summed E-state index contributed by atoms with van der Waals surface area (Å²) in [5.74, 6) is 0.905. The van der Waals surface area contributed by atoms with Crippen molar-refractivity contribution < 1.29 is 4.74 Å². The molecule has 2 rings (SSSR count). The van der Waals surface area contributed by atoms with Gasteiger partial charge in [0.05, 0.1) is 13.2 Å². The molecule has 0 aromatic heterocycles. The summed E-state index contributed by atoms with van der Waals surface area (Å²) < 4.78 is 5.38. The molecule has 2 fully saturated rings. The zero-order chi connectivity index (χ0) is 17.2. The predicted molar refractivity (Wildman–Crippen MR) is 99.8 cm³/mol. The van der Waals surface area contributed by atoms with Crippen molar-refractivity contribution in [1.29, 1.82) is 0 Å². The van der Waals surface area contributed by atoms with Crippen molar-refractivity contribution in [3.8, 4) is 0 Å². The van der Waals surface area contributed by atoms with E-state index in [-0.39, 0.29) is 0 Å². The van der Waals surface area contributed by atoms with Gasteiger partial charge in [0.25, 0.3) is 0 Å². The van der Waals surface area contributed by atoms with E-state index in [1.54, 1.807) is 0 Å². The smallest absolute Gasteiger partial charge is 0.191 e. The minimum absolute atomic E-state index is 0.529. The van der Waals surface area contributed by atoms with Crippen LogP contribution in [0.2, 0.25) is 0 Å². The van der Waals surface area contributed by atoms with Crippen molar-refractivity contribution in [2.45, 2.75) is 19.9 Å². The number of guanidine groups is 1. The van der Waals surface area contributed by atoms with Gasteiger partial charge in [-0.1, -0.05) is 6.92 Å². The first-order valence-electron chi connectivity index (χ1n) is 9.44. The van der Waals surface area contributed by atoms with E-state index in [0.717, 1.165) is 51.9 Å². The van der Waals surface area contributed by atoms with E-state index in [1.165, 1.54) is 32.7 Å². The highest BCUT2D eigenvalue weighted by molar-refractivity contribution is 5.79. The molecule has 2 aliphatic heterocycles. The lowest BCUT2D eigenvalue weighted by Crippen LogP contribution is -2.53. The number of likely N-dealkylation sites (N-methyl/N-ethyl adjacent to an activating group) is 1. The SMILES string of the molecule is CCN1CCN(C(C)CNC(=NC)NCCN2CCOCC2)CC1. The van der Waals surface area contributed by atoms with Crippen LogP contribution in [0, 0.1) is 0 Å². The van der Waals surface area contributed by atoms with Gasteiger partial charge in [0, 0.05) is 72.0 Å². The summed E-state index contributed by atoms with van der Waals surface area (Å²) in [6.45, 7) is 17.1. The number of nitrogens with one attached hydrogen (secondary N) is 2. The van der Waals surface area contributed by atoms with Crippen LogP contribution in [-0.4, -0.2) is 112 Å². The van der Waals surface area contributed by atoms with Crippen LogP contribution in [0.4, 0.5) is 0 Å². The fourth-order valence-electron chi connectivity index (χ4n) is 3.27. The maximum atomic E-state index is 5.38. The third-order valence-corrected chi connectivity index (χ3v) is 5.09. The molecule has 1 atom stereocenters. The summed E-state index contributed by atoms with van der Waals surface area (Å²) in [6, 6.07) is 0.529. The normalized spacial score (nSPS) is 23.2. The topological polar surface area (TPSA) is 55.4 Å². The molecule has 1 unspecified atom stereocenters. The van der Waals surface area contributed by atoms with Crippen LogP contribution in [0.1, 0.15) is 13.8 Å². The highest BCUT2D eigenvalue weighted by Crippen LogP contribution is 2.05. The molecular formula is C17H36N6O. The van der Waals surface area contributed by atoms with Gasteiger partial charge in [-0.25, -0.2) is 0 Å². The first kappa shape index (κ1) is 19.4. The molecule has 0 bridgehead atoms. The Hall–Kier alpha value is -0.890. The Labute approximate surface area is 147 Å². The van der Waals surface area contributed by atoms with Gasteiger partial charge in [-0.2, -0.15) is 0 Å². The molecule has 0 aliphatic carbocycles. The van der Waals surface area contributed by atoms with E-state index in [9.17, 15) is 0 Å². The summed E-state index contributed by atoms with van der Waals surface area (Å²) in [6.07, 6.45) is 0. The lowest BCUT2D eigenvalue weighted by Gasteiger charge is -2.37. The number of hydrogen-bond donors (Lipinski definition) is 2. The highest BCUT2D eigenvalue weighted by atomic mass is 16.5. The van der Waals surface area contributed by atoms with Gasteiger partial charge in [-0.3, -0.25) is 14.8 Å². The van der Waals surface area contributed by atoms with E-state index in [1.807, 2.05) is 7.05 Å². The van der Waals surface area contributed by atoms with E-state index >= 15 is 0 Å². The highest BCUT2D eigenvalue weighted by Gasteiger charge is 2.20. The second-order valence-corrected chi connectivity index (χ2v) is 6.65. The van der Waals surface area contributed by atoms with Gasteiger partial charge >= 0.3 is 0 Å². The first-order valence-corrected chi connectivity index (χ1v) is 9.44. The Kier molecular flexibility index (Phi) is 8.80. The van der Waals surface area contributed by atoms with Gasteiger partial charge < -0.3 is 20.3 Å². The second kappa shape index (κ2) is 10.9. The summed E-state index contributed by atoms with van der Waals surface area (Å²) in [5, 5.41) is 6.89. The van der Waals surface area contributed by atoms with Gasteiger partial charge in [-0.15, -0.1) is 0 Å². The molecule has 0 radical (unpaired) electrons. The number of nitrogens with zero attached hydrogens (tertiary/aromatic N) is 4. The maximum Gasteiger partial charge on any atom is 0.191 e. The van der Waals surface area contributed by atoms with Crippen molar-refractivity contribution >= 4 is 5.96 Å². The Balaban J connectivity index is 1.60. The average Bonchev–Trinajstić information content (AvgIpc) is 2.65. The molecule has 24 heavy (non-hydrogen) atoms. The molecule has 140 valence electrons. The van der Waals surface area contributed by atoms with E-state index in [4.69, 9.17) is 4.74 Å². The molecule has 0 amide bonds. The minimum atomic E-state index is 0.529. The molecular weight excluding hydrogens is 304 g/mol. The molecule has 0 saturated carbocycles. The molecule has 0 aromatic rings. The van der Waals surface area contributed by atoms with Crippen LogP contribution in [0.5, 0.6) is 0 Å². The number of piperazine rings is 1.